The first kappa shape index (κ1) is 65.0. The summed E-state index contributed by atoms with van der Waals surface area (Å²) in [6, 6.07) is 0. The van der Waals surface area contributed by atoms with Gasteiger partial charge < -0.3 is 23.8 Å². The summed E-state index contributed by atoms with van der Waals surface area (Å²) in [4.78, 5) is 28.5. The molecule has 0 saturated heterocycles. The van der Waals surface area contributed by atoms with Gasteiger partial charge in [-0.2, -0.15) is 0 Å². The molecule has 0 aliphatic rings. The van der Waals surface area contributed by atoms with Crippen molar-refractivity contribution in [2.24, 2.45) is 0 Å². The van der Waals surface area contributed by atoms with Crippen LogP contribution in [0, 0.1) is 0 Å². The van der Waals surface area contributed by atoms with Gasteiger partial charge in [-0.25, -0.2) is 0 Å². The normalized spacial score (nSPS) is 11.9. The van der Waals surface area contributed by atoms with Gasteiger partial charge in [-0.15, -0.1) is 5.10 Å². The molecule has 0 aliphatic heterocycles. The number of nitrogens with zero attached hydrogens (tertiary/aromatic N) is 4. The van der Waals surface area contributed by atoms with E-state index in [0.717, 1.165) is 122 Å². The second-order valence-corrected chi connectivity index (χ2v) is 20.5. The predicted molar refractivity (Wildman–Crippen MR) is 290 cm³/mol. The lowest BCUT2D eigenvalue weighted by Gasteiger charge is -2.22. The summed E-state index contributed by atoms with van der Waals surface area (Å²) >= 11 is 0. The maximum atomic E-state index is 13.0. The molecule has 0 aliphatic carbocycles. The van der Waals surface area contributed by atoms with Gasteiger partial charge in [0, 0.05) is 32.6 Å². The zero-order chi connectivity index (χ0) is 50.1. The monoisotopic (exact) mass is 975 g/mol. The fourth-order valence-electron chi connectivity index (χ4n) is 9.53. The second kappa shape index (κ2) is 49.5. The lowest BCUT2D eigenvalue weighted by molar-refractivity contribution is -0.151. The smallest absolute Gasteiger partial charge is 0.306 e. The largest absolute Gasteiger partial charge is 0.462 e. The Morgan fingerprint density at radius 3 is 1.14 bits per heavy atom. The topological polar surface area (TPSA) is 105 Å². The van der Waals surface area contributed by atoms with Crippen LogP contribution in [-0.4, -0.2) is 76.9 Å². The minimum absolute atomic E-state index is 0.0134. The molecule has 0 unspecified atom stereocenters. The van der Waals surface area contributed by atoms with Gasteiger partial charge >= 0.3 is 11.9 Å². The van der Waals surface area contributed by atoms with Crippen LogP contribution in [0.25, 0.3) is 0 Å². The minimum atomic E-state index is -0.484. The first-order valence-corrected chi connectivity index (χ1v) is 30.1. The summed E-state index contributed by atoms with van der Waals surface area (Å²) in [7, 11) is 0. The summed E-state index contributed by atoms with van der Waals surface area (Å²) in [5.74, 6) is 0.0267. The molecule has 1 aromatic rings. The zero-order valence-corrected chi connectivity index (χ0v) is 46.6. The first-order chi connectivity index (χ1) is 33.9. The van der Waals surface area contributed by atoms with Gasteiger partial charge in [0.15, 0.2) is 0 Å². The molecule has 1 aromatic heterocycles. The molecule has 0 aromatic carbocycles. The molecular formula is C59H114N4O6. The molecule has 0 atom stereocenters. The maximum Gasteiger partial charge on any atom is 0.306 e. The van der Waals surface area contributed by atoms with E-state index in [9.17, 15) is 9.59 Å². The summed E-state index contributed by atoms with van der Waals surface area (Å²) in [5.41, 5.74) is 0.718. The second-order valence-electron chi connectivity index (χ2n) is 20.5. The quantitative estimate of drug-likeness (QED) is 0.0358. The van der Waals surface area contributed by atoms with Crippen LogP contribution in [-0.2, 0) is 35.1 Å². The Morgan fingerprint density at radius 2 is 0.783 bits per heavy atom. The summed E-state index contributed by atoms with van der Waals surface area (Å²) < 4.78 is 25.7. The van der Waals surface area contributed by atoms with Crippen molar-refractivity contribution >= 4 is 11.9 Å². The van der Waals surface area contributed by atoms with Crippen molar-refractivity contribution in [1.82, 2.24) is 19.9 Å². The number of hydrogen-bond donors (Lipinski definition) is 0. The van der Waals surface area contributed by atoms with E-state index < -0.39 is 6.29 Å². The number of rotatable bonds is 54. The van der Waals surface area contributed by atoms with E-state index in [0.29, 0.717) is 26.1 Å². The van der Waals surface area contributed by atoms with Crippen molar-refractivity contribution in [3.63, 3.8) is 0 Å². The van der Waals surface area contributed by atoms with Gasteiger partial charge in [-0.1, -0.05) is 200 Å². The number of esters is 2. The van der Waals surface area contributed by atoms with E-state index in [1.54, 1.807) is 0 Å². The molecule has 1 heterocycles. The van der Waals surface area contributed by atoms with Crippen molar-refractivity contribution in [2.45, 2.75) is 323 Å². The minimum Gasteiger partial charge on any atom is -0.462 e. The van der Waals surface area contributed by atoms with Crippen LogP contribution < -0.4 is 0 Å². The molecule has 0 fully saturated rings. The Morgan fingerprint density at radius 1 is 0.449 bits per heavy atom. The van der Waals surface area contributed by atoms with Crippen molar-refractivity contribution in [1.29, 1.82) is 0 Å². The molecule has 0 N–H and O–H groups in total. The Labute approximate surface area is 427 Å². The first-order valence-electron chi connectivity index (χ1n) is 30.1. The van der Waals surface area contributed by atoms with Crippen molar-refractivity contribution in [3.05, 3.63) is 11.9 Å². The van der Waals surface area contributed by atoms with Gasteiger partial charge in [-0.05, 0) is 104 Å². The summed E-state index contributed by atoms with van der Waals surface area (Å²) in [5, 5.41) is 8.79. The molecule has 10 heteroatoms. The summed E-state index contributed by atoms with van der Waals surface area (Å²) in [6.07, 6.45) is 48.4. The molecular weight excluding hydrogens is 861 g/mol. The molecule has 0 spiro atoms. The van der Waals surface area contributed by atoms with Crippen LogP contribution >= 0.6 is 0 Å². The zero-order valence-electron chi connectivity index (χ0n) is 46.6. The Balaban J connectivity index is 2.57. The third kappa shape index (κ3) is 40.2. The third-order valence-electron chi connectivity index (χ3n) is 13.9. The molecule has 1 rings (SSSR count). The number of unbranched alkanes of at least 4 members (excludes halogenated alkanes) is 28. The molecule has 69 heavy (non-hydrogen) atoms. The van der Waals surface area contributed by atoms with Crippen molar-refractivity contribution < 1.29 is 28.5 Å². The molecule has 406 valence electrons. The van der Waals surface area contributed by atoms with Crippen molar-refractivity contribution in [3.8, 4) is 0 Å². The highest BCUT2D eigenvalue weighted by molar-refractivity contribution is 5.69. The van der Waals surface area contributed by atoms with Crippen LogP contribution in [0.2, 0.25) is 0 Å². The van der Waals surface area contributed by atoms with Gasteiger partial charge in [0.25, 0.3) is 0 Å². The fourth-order valence-corrected chi connectivity index (χ4v) is 9.53. The molecule has 0 radical (unpaired) electrons. The van der Waals surface area contributed by atoms with Gasteiger partial charge in [0.05, 0.1) is 12.7 Å². The van der Waals surface area contributed by atoms with Crippen LogP contribution in [0.4, 0.5) is 0 Å². The van der Waals surface area contributed by atoms with Crippen LogP contribution in [0.3, 0.4) is 0 Å². The standard InChI is InChI=1S/C59H114N4O6/c1-7-13-17-21-27-35-43-54(44-36-28-22-18-14-8-2)68-57(64)47-39-31-25-33-41-49-62(51-52-63-53-56(60-61-63)59(66-11-5)67-12-6)50-42-34-26-32-40-48-58(65)69-55(45-37-29-23-19-15-9-3)46-38-30-24-20-16-10-4/h53-55,59H,7-52H2,1-6H3. The number of aromatic nitrogens is 3. The molecule has 0 bridgehead atoms. The van der Waals surface area contributed by atoms with Gasteiger partial charge in [0.1, 0.15) is 17.9 Å². The van der Waals surface area contributed by atoms with Crippen LogP contribution in [0.5, 0.6) is 0 Å². The molecule has 0 saturated carbocycles. The van der Waals surface area contributed by atoms with E-state index >= 15 is 0 Å². The van der Waals surface area contributed by atoms with E-state index in [4.69, 9.17) is 18.9 Å². The fraction of sp³-hybridized carbons (Fsp3) is 0.932. The van der Waals surface area contributed by atoms with E-state index in [2.05, 4.69) is 42.9 Å². The Bertz CT molecular complexity index is 1150. The highest BCUT2D eigenvalue weighted by atomic mass is 16.7. The van der Waals surface area contributed by atoms with E-state index in [1.165, 1.54) is 154 Å². The molecule has 0 amide bonds. The number of ether oxygens (including phenoxy) is 4. The summed E-state index contributed by atoms with van der Waals surface area (Å²) in [6.45, 7) is 17.9. The lowest BCUT2D eigenvalue weighted by Crippen LogP contribution is -2.30. The molecule has 10 nitrogen and oxygen atoms in total. The van der Waals surface area contributed by atoms with Gasteiger partial charge in [-0.3, -0.25) is 14.3 Å². The average molecular weight is 976 g/mol. The number of carbonyl (C=O) groups excluding carboxylic acids is 2. The highest BCUT2D eigenvalue weighted by Gasteiger charge is 2.18. The SMILES string of the molecule is CCCCCCCCC(CCCCCCCC)OC(=O)CCCCCCCN(CCCCCCCC(=O)OC(CCCCCCCC)CCCCCCCC)CCn1cc(C(OCC)OCC)nn1. The lowest BCUT2D eigenvalue weighted by atomic mass is 10.0. The number of hydrogen-bond acceptors (Lipinski definition) is 9. The van der Waals surface area contributed by atoms with E-state index in [1.807, 2.05) is 24.7 Å². The Hall–Kier alpha value is -2.04. The maximum absolute atomic E-state index is 13.0. The van der Waals surface area contributed by atoms with E-state index in [-0.39, 0.29) is 24.1 Å². The van der Waals surface area contributed by atoms with Gasteiger partial charge in [0.2, 0.25) is 6.29 Å². The van der Waals surface area contributed by atoms with Crippen molar-refractivity contribution in [2.75, 3.05) is 32.8 Å². The highest BCUT2D eigenvalue weighted by Crippen LogP contribution is 2.21. The predicted octanol–water partition coefficient (Wildman–Crippen LogP) is 17.2. The van der Waals surface area contributed by atoms with Crippen LogP contribution in [0.15, 0.2) is 6.20 Å². The Kier molecular flexibility index (Phi) is 46.6. The third-order valence-corrected chi connectivity index (χ3v) is 13.9. The van der Waals surface area contributed by atoms with Crippen LogP contribution in [0.1, 0.15) is 310 Å². The number of carbonyl (C=O) groups is 2. The average Bonchev–Trinajstić information content (AvgIpc) is 3.82.